The minimum Gasteiger partial charge on any atom is -0.331 e. The van der Waals surface area contributed by atoms with Crippen molar-refractivity contribution in [3.05, 3.63) is 69.4 Å². The summed E-state index contributed by atoms with van der Waals surface area (Å²) in [5.41, 5.74) is 1.36. The fraction of sp³-hybridized carbons (Fsp3) is 0.294. The number of carbonyl (C=O) groups is 1. The summed E-state index contributed by atoms with van der Waals surface area (Å²) in [4.78, 5) is 29.0. The molecule has 1 fully saturated rings. The molecule has 22 heavy (non-hydrogen) atoms. The fourth-order valence-electron chi connectivity index (χ4n) is 2.43. The average Bonchev–Trinajstić information content (AvgIpc) is 3.30. The van der Waals surface area contributed by atoms with Gasteiger partial charge >= 0.3 is 0 Å². The van der Waals surface area contributed by atoms with Crippen LogP contribution in [0.15, 0.2) is 41.2 Å². The first-order chi connectivity index (χ1) is 10.5. The number of nitrogens with zero attached hydrogens (tertiary/aromatic N) is 1. The van der Waals surface area contributed by atoms with E-state index in [1.165, 1.54) is 12.1 Å². The Bertz CT molecular complexity index is 748. The Balaban J connectivity index is 1.86. The van der Waals surface area contributed by atoms with Gasteiger partial charge in [-0.1, -0.05) is 12.1 Å². The predicted octanol–water partition coefficient (Wildman–Crippen LogP) is 2.63. The number of amides is 1. The van der Waals surface area contributed by atoms with Crippen molar-refractivity contribution in [3.8, 4) is 0 Å². The van der Waals surface area contributed by atoms with Gasteiger partial charge in [0.05, 0.1) is 0 Å². The first-order valence-electron chi connectivity index (χ1n) is 7.30. The molecule has 4 nitrogen and oxygen atoms in total. The number of H-pyrrole nitrogens is 1. The predicted molar refractivity (Wildman–Crippen MR) is 81.1 cm³/mol. The lowest BCUT2D eigenvalue weighted by atomic mass is 10.1. The summed E-state index contributed by atoms with van der Waals surface area (Å²) < 4.78 is 13.0. The highest BCUT2D eigenvalue weighted by atomic mass is 19.1. The Labute approximate surface area is 127 Å². The van der Waals surface area contributed by atoms with E-state index in [0.29, 0.717) is 6.54 Å². The van der Waals surface area contributed by atoms with Crippen LogP contribution >= 0.6 is 0 Å². The van der Waals surface area contributed by atoms with Gasteiger partial charge in [0.1, 0.15) is 11.4 Å². The number of rotatable bonds is 4. The van der Waals surface area contributed by atoms with Crippen LogP contribution < -0.4 is 5.56 Å². The van der Waals surface area contributed by atoms with Crippen LogP contribution in [0.1, 0.15) is 34.5 Å². The Kier molecular flexibility index (Phi) is 3.79. The number of benzene rings is 1. The van der Waals surface area contributed by atoms with Gasteiger partial charge in [0.15, 0.2) is 0 Å². The summed E-state index contributed by atoms with van der Waals surface area (Å²) in [5.74, 6) is -0.573. The van der Waals surface area contributed by atoms with Crippen LogP contribution in [0, 0.1) is 12.7 Å². The smallest absolute Gasteiger partial charge is 0.260 e. The number of carbonyl (C=O) groups excluding carboxylic acids is 1. The molecule has 5 heteroatoms. The molecule has 1 N–H and O–H groups in total. The molecule has 0 atom stereocenters. The lowest BCUT2D eigenvalue weighted by Crippen LogP contribution is -2.36. The molecular weight excluding hydrogens is 283 g/mol. The summed E-state index contributed by atoms with van der Waals surface area (Å²) in [6.07, 6.45) is 1.88. The molecule has 0 bridgehead atoms. The van der Waals surface area contributed by atoms with Crippen molar-refractivity contribution in [1.82, 2.24) is 9.88 Å². The summed E-state index contributed by atoms with van der Waals surface area (Å²) in [5, 5.41) is 0. The lowest BCUT2D eigenvalue weighted by molar-refractivity contribution is 0.0728. The van der Waals surface area contributed by atoms with E-state index in [1.54, 1.807) is 36.1 Å². The van der Waals surface area contributed by atoms with Crippen LogP contribution in [0.25, 0.3) is 0 Å². The number of nitrogens with one attached hydrogen (secondary N) is 1. The number of halogens is 1. The largest absolute Gasteiger partial charge is 0.331 e. The number of aromatic amines is 1. The van der Waals surface area contributed by atoms with Crippen LogP contribution in [0.4, 0.5) is 4.39 Å². The molecule has 0 spiro atoms. The highest BCUT2D eigenvalue weighted by molar-refractivity contribution is 5.94. The second kappa shape index (κ2) is 5.75. The maximum absolute atomic E-state index is 13.0. The monoisotopic (exact) mass is 300 g/mol. The van der Waals surface area contributed by atoms with Crippen molar-refractivity contribution < 1.29 is 9.18 Å². The molecule has 114 valence electrons. The first-order valence-corrected chi connectivity index (χ1v) is 7.30. The average molecular weight is 300 g/mol. The molecule has 3 rings (SSSR count). The van der Waals surface area contributed by atoms with Crippen LogP contribution in [-0.4, -0.2) is 21.8 Å². The summed E-state index contributed by atoms with van der Waals surface area (Å²) in [7, 11) is 0. The molecule has 0 aliphatic heterocycles. The molecule has 2 aromatic rings. The molecule has 1 aromatic carbocycles. The number of pyridine rings is 1. The van der Waals surface area contributed by atoms with E-state index in [1.807, 2.05) is 0 Å². The summed E-state index contributed by atoms with van der Waals surface area (Å²) >= 11 is 0. The lowest BCUT2D eigenvalue weighted by Gasteiger charge is -2.22. The highest BCUT2D eigenvalue weighted by Crippen LogP contribution is 2.29. The van der Waals surface area contributed by atoms with Crippen molar-refractivity contribution in [1.29, 1.82) is 0 Å². The minimum absolute atomic E-state index is 0.152. The molecule has 1 aliphatic carbocycles. The highest BCUT2D eigenvalue weighted by Gasteiger charge is 2.33. The van der Waals surface area contributed by atoms with Crippen molar-refractivity contribution in [3.63, 3.8) is 0 Å². The third-order valence-corrected chi connectivity index (χ3v) is 3.80. The molecule has 1 aromatic heterocycles. The van der Waals surface area contributed by atoms with Gasteiger partial charge in [0.2, 0.25) is 0 Å². The zero-order valence-electron chi connectivity index (χ0n) is 12.3. The number of hydrogen-bond acceptors (Lipinski definition) is 2. The van der Waals surface area contributed by atoms with E-state index in [2.05, 4.69) is 4.98 Å². The summed E-state index contributed by atoms with van der Waals surface area (Å²) in [6, 6.07) is 9.54. The van der Waals surface area contributed by atoms with E-state index >= 15 is 0 Å². The van der Waals surface area contributed by atoms with Gasteiger partial charge in [-0.3, -0.25) is 9.59 Å². The molecule has 1 amide bonds. The van der Waals surface area contributed by atoms with Gasteiger partial charge in [-0.2, -0.15) is 0 Å². The second-order valence-electron chi connectivity index (χ2n) is 5.67. The molecule has 0 saturated heterocycles. The van der Waals surface area contributed by atoms with Crippen molar-refractivity contribution in [2.45, 2.75) is 32.4 Å². The van der Waals surface area contributed by atoms with Crippen LogP contribution in [-0.2, 0) is 6.54 Å². The van der Waals surface area contributed by atoms with Crippen LogP contribution in [0.2, 0.25) is 0 Å². The van der Waals surface area contributed by atoms with Crippen molar-refractivity contribution >= 4 is 5.91 Å². The van der Waals surface area contributed by atoms with Gasteiger partial charge in [-0.15, -0.1) is 0 Å². The summed E-state index contributed by atoms with van der Waals surface area (Å²) in [6.45, 7) is 2.16. The molecular formula is C17H17FN2O2. The maximum atomic E-state index is 13.0. The van der Waals surface area contributed by atoms with Crippen LogP contribution in [0.5, 0.6) is 0 Å². The van der Waals surface area contributed by atoms with E-state index in [9.17, 15) is 14.0 Å². The zero-order chi connectivity index (χ0) is 15.7. The molecule has 1 saturated carbocycles. The standard InChI is InChI=1S/C17H17FN2O2/c1-11-2-9-15(16(21)19-11)17(22)20(14-7-8-14)10-12-3-5-13(18)6-4-12/h2-6,9,14H,7-8,10H2,1H3,(H,19,21). The maximum Gasteiger partial charge on any atom is 0.260 e. The Morgan fingerprint density at radius 2 is 1.91 bits per heavy atom. The Hall–Kier alpha value is -2.43. The third-order valence-electron chi connectivity index (χ3n) is 3.80. The van der Waals surface area contributed by atoms with E-state index in [0.717, 1.165) is 24.1 Å². The van der Waals surface area contributed by atoms with Gasteiger partial charge in [-0.05, 0) is 49.6 Å². The number of hydrogen-bond donors (Lipinski definition) is 1. The van der Waals surface area contributed by atoms with Gasteiger partial charge in [-0.25, -0.2) is 4.39 Å². The van der Waals surface area contributed by atoms with Gasteiger partial charge in [0.25, 0.3) is 11.5 Å². The number of aromatic nitrogens is 1. The van der Waals surface area contributed by atoms with E-state index in [4.69, 9.17) is 0 Å². The van der Waals surface area contributed by atoms with Crippen molar-refractivity contribution in [2.75, 3.05) is 0 Å². The zero-order valence-corrected chi connectivity index (χ0v) is 12.3. The first kappa shape index (κ1) is 14.5. The molecule has 0 radical (unpaired) electrons. The molecule has 1 aliphatic rings. The van der Waals surface area contributed by atoms with E-state index < -0.39 is 0 Å². The fourth-order valence-corrected chi connectivity index (χ4v) is 2.43. The van der Waals surface area contributed by atoms with E-state index in [-0.39, 0.29) is 28.9 Å². The third kappa shape index (κ3) is 3.08. The topological polar surface area (TPSA) is 53.2 Å². The SMILES string of the molecule is Cc1ccc(C(=O)N(Cc2ccc(F)cc2)C2CC2)c(=O)[nH]1. The second-order valence-corrected chi connectivity index (χ2v) is 5.67. The van der Waals surface area contributed by atoms with Gasteiger partial charge < -0.3 is 9.88 Å². The number of aryl methyl sites for hydroxylation is 1. The van der Waals surface area contributed by atoms with Crippen LogP contribution in [0.3, 0.4) is 0 Å². The van der Waals surface area contributed by atoms with Gasteiger partial charge in [0, 0.05) is 18.3 Å². The Morgan fingerprint density at radius 1 is 1.23 bits per heavy atom. The van der Waals surface area contributed by atoms with Crippen molar-refractivity contribution in [2.24, 2.45) is 0 Å². The molecule has 0 unspecified atom stereocenters. The Morgan fingerprint density at radius 3 is 2.50 bits per heavy atom. The minimum atomic E-state index is -0.366. The molecule has 1 heterocycles. The quantitative estimate of drug-likeness (QED) is 0.943. The normalized spacial score (nSPS) is 13.9.